The first-order valence-corrected chi connectivity index (χ1v) is 3.90. The zero-order valence-electron chi connectivity index (χ0n) is 6.84. The summed E-state index contributed by atoms with van der Waals surface area (Å²) in [6.45, 7) is 1.03. The summed E-state index contributed by atoms with van der Waals surface area (Å²) in [6, 6.07) is 2.01. The molecule has 0 unspecified atom stereocenters. The van der Waals surface area contributed by atoms with Crippen molar-refractivity contribution in [3.05, 3.63) is 24.0 Å². The summed E-state index contributed by atoms with van der Waals surface area (Å²) >= 11 is 0. The Bertz CT molecular complexity index is 230. The second-order valence-corrected chi connectivity index (χ2v) is 2.61. The lowest BCUT2D eigenvalue weighted by molar-refractivity contribution is -0.117. The number of H-pyrrole nitrogens is 1. The van der Waals surface area contributed by atoms with E-state index >= 15 is 0 Å². The number of rotatable bonds is 5. The summed E-state index contributed by atoms with van der Waals surface area (Å²) in [4.78, 5) is 13.3. The Morgan fingerprint density at radius 3 is 3.08 bits per heavy atom. The lowest BCUT2D eigenvalue weighted by Gasteiger charge is -1.99. The van der Waals surface area contributed by atoms with Gasteiger partial charge < -0.3 is 16.0 Å². The standard InChI is InChI=1S/C8H13N3O/c9-8(12)6-11-4-2-7-1-3-10-5-7/h1,3,5,10-11H,2,4,6H2,(H2,9,12). The Labute approximate surface area is 71.2 Å². The zero-order chi connectivity index (χ0) is 8.81. The number of nitrogens with one attached hydrogen (secondary N) is 2. The molecule has 1 aromatic heterocycles. The summed E-state index contributed by atoms with van der Waals surface area (Å²) in [6.07, 6.45) is 4.73. The molecule has 1 heterocycles. The monoisotopic (exact) mass is 167 g/mol. The average molecular weight is 167 g/mol. The molecule has 0 aliphatic carbocycles. The van der Waals surface area contributed by atoms with Crippen molar-refractivity contribution in [2.24, 2.45) is 5.73 Å². The van der Waals surface area contributed by atoms with Crippen molar-refractivity contribution in [1.29, 1.82) is 0 Å². The second kappa shape index (κ2) is 4.56. The Balaban J connectivity index is 2.07. The van der Waals surface area contributed by atoms with Gasteiger partial charge in [-0.25, -0.2) is 0 Å². The third kappa shape index (κ3) is 3.21. The number of nitrogens with two attached hydrogens (primary N) is 1. The van der Waals surface area contributed by atoms with Crippen molar-refractivity contribution in [3.63, 3.8) is 0 Å². The SMILES string of the molecule is NC(=O)CNCCc1cc[nH]c1. The molecule has 0 saturated heterocycles. The fourth-order valence-corrected chi connectivity index (χ4v) is 0.958. The van der Waals surface area contributed by atoms with E-state index in [-0.39, 0.29) is 12.5 Å². The van der Waals surface area contributed by atoms with E-state index in [1.807, 2.05) is 18.5 Å². The molecule has 66 valence electrons. The van der Waals surface area contributed by atoms with Crippen molar-refractivity contribution in [3.8, 4) is 0 Å². The fourth-order valence-electron chi connectivity index (χ4n) is 0.958. The topological polar surface area (TPSA) is 70.9 Å². The van der Waals surface area contributed by atoms with Crippen LogP contribution in [-0.2, 0) is 11.2 Å². The minimum Gasteiger partial charge on any atom is -0.369 e. The van der Waals surface area contributed by atoms with Crippen molar-refractivity contribution >= 4 is 5.91 Å². The Hall–Kier alpha value is -1.29. The van der Waals surface area contributed by atoms with Gasteiger partial charge in [-0.15, -0.1) is 0 Å². The van der Waals surface area contributed by atoms with Crippen LogP contribution >= 0.6 is 0 Å². The number of hydrogen-bond donors (Lipinski definition) is 3. The number of hydrogen-bond acceptors (Lipinski definition) is 2. The third-order valence-corrected chi connectivity index (χ3v) is 1.55. The molecule has 0 radical (unpaired) electrons. The first-order chi connectivity index (χ1) is 5.79. The highest BCUT2D eigenvalue weighted by Crippen LogP contribution is 1.95. The number of aromatic amines is 1. The average Bonchev–Trinajstić information content (AvgIpc) is 2.49. The van der Waals surface area contributed by atoms with Gasteiger partial charge in [0.25, 0.3) is 0 Å². The Morgan fingerprint density at radius 1 is 1.67 bits per heavy atom. The van der Waals surface area contributed by atoms with Crippen molar-refractivity contribution in [2.75, 3.05) is 13.1 Å². The molecule has 1 rings (SSSR count). The molecule has 12 heavy (non-hydrogen) atoms. The molecule has 1 amide bonds. The Morgan fingerprint density at radius 2 is 2.50 bits per heavy atom. The van der Waals surface area contributed by atoms with Gasteiger partial charge in [-0.05, 0) is 24.6 Å². The molecular formula is C8H13N3O. The molecule has 4 nitrogen and oxygen atoms in total. The quantitative estimate of drug-likeness (QED) is 0.524. The molecule has 4 heteroatoms. The maximum Gasteiger partial charge on any atom is 0.231 e. The summed E-state index contributed by atoms with van der Waals surface area (Å²) in [5.41, 5.74) is 6.17. The summed E-state index contributed by atoms with van der Waals surface area (Å²) < 4.78 is 0. The molecule has 4 N–H and O–H groups in total. The molecule has 0 fully saturated rings. The molecule has 0 atom stereocenters. The van der Waals surface area contributed by atoms with E-state index in [9.17, 15) is 4.79 Å². The first kappa shape index (κ1) is 8.80. The van der Waals surface area contributed by atoms with Crippen LogP contribution in [0.5, 0.6) is 0 Å². The van der Waals surface area contributed by atoms with Crippen molar-refractivity contribution < 1.29 is 4.79 Å². The van der Waals surface area contributed by atoms with Crippen LogP contribution < -0.4 is 11.1 Å². The highest BCUT2D eigenvalue weighted by molar-refractivity contribution is 5.75. The van der Waals surface area contributed by atoms with Crippen LogP contribution in [-0.4, -0.2) is 24.0 Å². The van der Waals surface area contributed by atoms with Gasteiger partial charge in [0.2, 0.25) is 5.91 Å². The van der Waals surface area contributed by atoms with Crippen LogP contribution in [0.3, 0.4) is 0 Å². The number of carbonyl (C=O) groups excluding carboxylic acids is 1. The van der Waals surface area contributed by atoms with Crippen LogP contribution in [0.2, 0.25) is 0 Å². The van der Waals surface area contributed by atoms with Crippen molar-refractivity contribution in [1.82, 2.24) is 10.3 Å². The summed E-state index contributed by atoms with van der Waals surface area (Å²) in [7, 11) is 0. The lowest BCUT2D eigenvalue weighted by atomic mass is 10.2. The van der Waals surface area contributed by atoms with E-state index in [1.54, 1.807) is 0 Å². The van der Waals surface area contributed by atoms with E-state index in [2.05, 4.69) is 10.3 Å². The van der Waals surface area contributed by atoms with E-state index < -0.39 is 0 Å². The summed E-state index contributed by atoms with van der Waals surface area (Å²) in [5, 5.41) is 2.93. The molecule has 0 saturated carbocycles. The summed E-state index contributed by atoms with van der Waals surface area (Å²) in [5.74, 6) is -0.316. The maximum atomic E-state index is 10.3. The molecule has 0 bridgehead atoms. The number of amides is 1. The van der Waals surface area contributed by atoms with Crippen LogP contribution in [0.15, 0.2) is 18.5 Å². The maximum absolute atomic E-state index is 10.3. The van der Waals surface area contributed by atoms with Gasteiger partial charge >= 0.3 is 0 Å². The van der Waals surface area contributed by atoms with E-state index in [1.165, 1.54) is 5.56 Å². The van der Waals surface area contributed by atoms with E-state index in [0.29, 0.717) is 0 Å². The predicted octanol–water partition coefficient (Wildman–Crippen LogP) is -0.368. The molecule has 0 aromatic carbocycles. The second-order valence-electron chi connectivity index (χ2n) is 2.61. The lowest BCUT2D eigenvalue weighted by Crippen LogP contribution is -2.29. The number of aromatic nitrogens is 1. The number of primary amides is 1. The number of carbonyl (C=O) groups is 1. The van der Waals surface area contributed by atoms with E-state index in [0.717, 1.165) is 13.0 Å². The molecular weight excluding hydrogens is 154 g/mol. The van der Waals surface area contributed by atoms with Gasteiger partial charge in [-0.2, -0.15) is 0 Å². The van der Waals surface area contributed by atoms with Gasteiger partial charge in [-0.3, -0.25) is 4.79 Å². The Kier molecular flexibility index (Phi) is 3.35. The predicted molar refractivity (Wildman–Crippen MR) is 46.6 cm³/mol. The molecule has 0 aliphatic rings. The van der Waals surface area contributed by atoms with Crippen LogP contribution in [0.1, 0.15) is 5.56 Å². The molecule has 0 aliphatic heterocycles. The van der Waals surface area contributed by atoms with Crippen LogP contribution in [0.4, 0.5) is 0 Å². The minimum atomic E-state index is -0.316. The van der Waals surface area contributed by atoms with Gasteiger partial charge in [0.05, 0.1) is 6.54 Å². The highest BCUT2D eigenvalue weighted by Gasteiger charge is 1.94. The minimum absolute atomic E-state index is 0.254. The van der Waals surface area contributed by atoms with Gasteiger partial charge in [0, 0.05) is 12.4 Å². The molecule has 0 spiro atoms. The van der Waals surface area contributed by atoms with Gasteiger partial charge in [-0.1, -0.05) is 0 Å². The van der Waals surface area contributed by atoms with Gasteiger partial charge in [0.1, 0.15) is 0 Å². The van der Waals surface area contributed by atoms with Gasteiger partial charge in [0.15, 0.2) is 0 Å². The largest absolute Gasteiger partial charge is 0.369 e. The van der Waals surface area contributed by atoms with Crippen LogP contribution in [0.25, 0.3) is 0 Å². The fraction of sp³-hybridized carbons (Fsp3) is 0.375. The van der Waals surface area contributed by atoms with Crippen LogP contribution in [0, 0.1) is 0 Å². The third-order valence-electron chi connectivity index (χ3n) is 1.55. The zero-order valence-corrected chi connectivity index (χ0v) is 6.84. The van der Waals surface area contributed by atoms with E-state index in [4.69, 9.17) is 5.73 Å². The normalized spacial score (nSPS) is 10.0. The smallest absolute Gasteiger partial charge is 0.231 e. The highest BCUT2D eigenvalue weighted by atomic mass is 16.1. The molecule has 1 aromatic rings. The van der Waals surface area contributed by atoms with Crippen molar-refractivity contribution in [2.45, 2.75) is 6.42 Å². The first-order valence-electron chi connectivity index (χ1n) is 3.90.